The summed E-state index contributed by atoms with van der Waals surface area (Å²) >= 11 is 0. The number of nitrogens with zero attached hydrogens (tertiary/aromatic N) is 5. The summed E-state index contributed by atoms with van der Waals surface area (Å²) in [6.45, 7) is 5.83. The minimum Gasteiger partial charge on any atom is -0.395 e. The van der Waals surface area contributed by atoms with E-state index in [0.717, 1.165) is 32.6 Å². The predicted molar refractivity (Wildman–Crippen MR) is 74.0 cm³/mol. The van der Waals surface area contributed by atoms with Crippen LogP contribution < -0.4 is 0 Å². The number of alkyl halides is 2. The van der Waals surface area contributed by atoms with Crippen LogP contribution >= 0.6 is 0 Å². The van der Waals surface area contributed by atoms with Crippen LogP contribution in [0.25, 0.3) is 0 Å². The Bertz CT molecular complexity index is 416. The maximum Gasteiger partial charge on any atom is 0.257 e. The number of aliphatic hydroxyl groups excluding tert-OH is 1. The van der Waals surface area contributed by atoms with Gasteiger partial charge in [-0.15, -0.1) is 0 Å². The van der Waals surface area contributed by atoms with Gasteiger partial charge in [-0.05, 0) is 6.42 Å². The summed E-state index contributed by atoms with van der Waals surface area (Å²) < 4.78 is 26.2. The van der Waals surface area contributed by atoms with Crippen LogP contribution in [-0.2, 0) is 13.1 Å². The average Bonchev–Trinajstić information content (AvgIpc) is 2.88. The van der Waals surface area contributed by atoms with Crippen molar-refractivity contribution in [3.05, 3.63) is 12.2 Å². The number of hydrogen-bond donors (Lipinski definition) is 1. The van der Waals surface area contributed by atoms with Crippen LogP contribution in [0.3, 0.4) is 0 Å². The van der Waals surface area contributed by atoms with Gasteiger partial charge in [-0.25, -0.2) is 18.4 Å². The molecule has 8 heteroatoms. The Morgan fingerprint density at radius 3 is 2.57 bits per heavy atom. The number of aliphatic hydroxyl groups is 1. The van der Waals surface area contributed by atoms with E-state index < -0.39 is 13.0 Å². The lowest BCUT2D eigenvalue weighted by Gasteiger charge is -2.38. The van der Waals surface area contributed by atoms with Crippen molar-refractivity contribution in [3.63, 3.8) is 0 Å². The first kappa shape index (κ1) is 16.3. The predicted octanol–water partition coefficient (Wildman–Crippen LogP) is 0.432. The molecule has 1 aliphatic heterocycles. The highest BCUT2D eigenvalue weighted by molar-refractivity contribution is 4.87. The third-order valence-electron chi connectivity index (χ3n) is 3.98. The zero-order valence-corrected chi connectivity index (χ0v) is 12.3. The van der Waals surface area contributed by atoms with Crippen molar-refractivity contribution in [1.82, 2.24) is 24.6 Å². The summed E-state index contributed by atoms with van der Waals surface area (Å²) in [5.74, 6) is 0.581. The minimum atomic E-state index is -2.42. The number of aromatic nitrogens is 3. The topological polar surface area (TPSA) is 57.4 Å². The standard InChI is InChI=1S/C13H23F2N5O/c1-2-11(9-21)19-5-3-18(4-6-19)8-13-16-10-17-20(13)7-12(14)15/h10-12,21H,2-9H2,1H3/t11-/m1/s1. The van der Waals surface area contributed by atoms with Crippen LogP contribution in [0.4, 0.5) is 8.78 Å². The molecule has 2 rings (SSSR count). The molecule has 0 unspecified atom stereocenters. The molecule has 120 valence electrons. The highest BCUT2D eigenvalue weighted by Crippen LogP contribution is 2.11. The molecule has 0 spiro atoms. The molecule has 1 N–H and O–H groups in total. The zero-order chi connectivity index (χ0) is 15.2. The second-order valence-corrected chi connectivity index (χ2v) is 5.31. The Hall–Kier alpha value is -1.12. The molecule has 1 fully saturated rings. The molecule has 0 aromatic carbocycles. The van der Waals surface area contributed by atoms with Crippen molar-refractivity contribution in [2.75, 3.05) is 32.8 Å². The van der Waals surface area contributed by atoms with Gasteiger partial charge in [-0.2, -0.15) is 5.10 Å². The van der Waals surface area contributed by atoms with Crippen LogP contribution in [-0.4, -0.2) is 74.9 Å². The molecule has 0 amide bonds. The first-order valence-electron chi connectivity index (χ1n) is 7.36. The SMILES string of the molecule is CC[C@H](CO)N1CCN(Cc2ncnn2CC(F)F)CC1. The van der Waals surface area contributed by atoms with Gasteiger partial charge in [0.1, 0.15) is 18.7 Å². The highest BCUT2D eigenvalue weighted by Gasteiger charge is 2.23. The Kier molecular flexibility index (Phi) is 6.01. The second-order valence-electron chi connectivity index (χ2n) is 5.31. The van der Waals surface area contributed by atoms with Crippen LogP contribution in [0.1, 0.15) is 19.2 Å². The smallest absolute Gasteiger partial charge is 0.257 e. The quantitative estimate of drug-likeness (QED) is 0.792. The van der Waals surface area contributed by atoms with Crippen molar-refractivity contribution in [3.8, 4) is 0 Å². The van der Waals surface area contributed by atoms with E-state index in [1.807, 2.05) is 0 Å². The van der Waals surface area contributed by atoms with Crippen molar-refractivity contribution < 1.29 is 13.9 Å². The molecular weight excluding hydrogens is 280 g/mol. The minimum absolute atomic E-state index is 0.180. The fourth-order valence-electron chi connectivity index (χ4n) is 2.68. The van der Waals surface area contributed by atoms with E-state index in [1.165, 1.54) is 11.0 Å². The van der Waals surface area contributed by atoms with Crippen molar-refractivity contribution in [2.24, 2.45) is 0 Å². The monoisotopic (exact) mass is 303 g/mol. The third kappa shape index (κ3) is 4.42. The zero-order valence-electron chi connectivity index (χ0n) is 12.3. The Morgan fingerprint density at radius 2 is 2.00 bits per heavy atom. The Balaban J connectivity index is 1.85. The normalized spacial score (nSPS) is 19.3. The van der Waals surface area contributed by atoms with E-state index in [9.17, 15) is 13.9 Å². The van der Waals surface area contributed by atoms with Crippen LogP contribution in [0.5, 0.6) is 0 Å². The van der Waals surface area contributed by atoms with E-state index >= 15 is 0 Å². The van der Waals surface area contributed by atoms with Crippen LogP contribution in [0.2, 0.25) is 0 Å². The highest BCUT2D eigenvalue weighted by atomic mass is 19.3. The molecule has 0 saturated carbocycles. The second kappa shape index (κ2) is 7.77. The number of rotatable bonds is 7. The van der Waals surface area contributed by atoms with Gasteiger partial charge in [0.25, 0.3) is 6.43 Å². The van der Waals surface area contributed by atoms with Gasteiger partial charge in [0, 0.05) is 32.2 Å². The lowest BCUT2D eigenvalue weighted by atomic mass is 10.1. The number of halogens is 2. The Labute approximate surface area is 123 Å². The number of piperazine rings is 1. The molecule has 0 bridgehead atoms. The molecule has 0 radical (unpaired) electrons. The lowest BCUT2D eigenvalue weighted by molar-refractivity contribution is 0.0583. The summed E-state index contributed by atoms with van der Waals surface area (Å²) in [4.78, 5) is 8.54. The lowest BCUT2D eigenvalue weighted by Crippen LogP contribution is -2.51. The summed E-state index contributed by atoms with van der Waals surface area (Å²) in [7, 11) is 0. The molecule has 0 aliphatic carbocycles. The summed E-state index contributed by atoms with van der Waals surface area (Å²) in [5.41, 5.74) is 0. The van der Waals surface area contributed by atoms with Gasteiger partial charge in [-0.3, -0.25) is 9.80 Å². The maximum atomic E-state index is 12.4. The van der Waals surface area contributed by atoms with E-state index in [1.54, 1.807) is 0 Å². The first-order valence-corrected chi connectivity index (χ1v) is 7.36. The van der Waals surface area contributed by atoms with Gasteiger partial charge in [0.05, 0.1) is 13.2 Å². The van der Waals surface area contributed by atoms with Gasteiger partial charge in [0.2, 0.25) is 0 Å². The van der Waals surface area contributed by atoms with Crippen LogP contribution in [0.15, 0.2) is 6.33 Å². The fraction of sp³-hybridized carbons (Fsp3) is 0.846. The fourth-order valence-corrected chi connectivity index (χ4v) is 2.68. The molecule has 1 saturated heterocycles. The average molecular weight is 303 g/mol. The third-order valence-corrected chi connectivity index (χ3v) is 3.98. The van der Waals surface area contributed by atoms with E-state index in [-0.39, 0.29) is 12.6 Å². The van der Waals surface area contributed by atoms with E-state index in [0.29, 0.717) is 12.4 Å². The molecule has 21 heavy (non-hydrogen) atoms. The van der Waals surface area contributed by atoms with Gasteiger partial charge in [0.15, 0.2) is 0 Å². The number of hydrogen-bond acceptors (Lipinski definition) is 5. The first-order chi connectivity index (χ1) is 10.1. The summed E-state index contributed by atoms with van der Waals surface area (Å²) in [5, 5.41) is 13.2. The maximum absolute atomic E-state index is 12.4. The van der Waals surface area contributed by atoms with E-state index in [2.05, 4.69) is 26.8 Å². The molecule has 1 atom stereocenters. The van der Waals surface area contributed by atoms with Crippen molar-refractivity contribution in [1.29, 1.82) is 0 Å². The summed E-state index contributed by atoms with van der Waals surface area (Å²) in [6, 6.07) is 0.217. The van der Waals surface area contributed by atoms with Crippen molar-refractivity contribution >= 4 is 0 Å². The van der Waals surface area contributed by atoms with Gasteiger partial charge < -0.3 is 5.11 Å². The van der Waals surface area contributed by atoms with Gasteiger partial charge >= 0.3 is 0 Å². The molecule has 1 aromatic heterocycles. The Morgan fingerprint density at radius 1 is 1.29 bits per heavy atom. The van der Waals surface area contributed by atoms with Gasteiger partial charge in [-0.1, -0.05) is 6.92 Å². The van der Waals surface area contributed by atoms with Crippen LogP contribution in [0, 0.1) is 0 Å². The van der Waals surface area contributed by atoms with E-state index in [4.69, 9.17) is 0 Å². The largest absolute Gasteiger partial charge is 0.395 e. The molecule has 1 aromatic rings. The molecule has 1 aliphatic rings. The molecular formula is C13H23F2N5O. The van der Waals surface area contributed by atoms with Crippen molar-refractivity contribution in [2.45, 2.75) is 38.9 Å². The molecule has 2 heterocycles. The molecule has 6 nitrogen and oxygen atoms in total. The summed E-state index contributed by atoms with van der Waals surface area (Å²) in [6.07, 6.45) is -0.163.